The summed E-state index contributed by atoms with van der Waals surface area (Å²) in [5, 5.41) is 8.28. The van der Waals surface area contributed by atoms with E-state index in [0.29, 0.717) is 16.6 Å². The van der Waals surface area contributed by atoms with E-state index >= 15 is 0 Å². The van der Waals surface area contributed by atoms with E-state index in [1.165, 1.54) is 0 Å². The summed E-state index contributed by atoms with van der Waals surface area (Å²) in [5.74, 6) is 0.360. The Morgan fingerprint density at radius 2 is 1.81 bits per heavy atom. The molecule has 2 aromatic heterocycles. The molecule has 3 aromatic rings. The van der Waals surface area contributed by atoms with Gasteiger partial charge >= 0.3 is 0 Å². The Morgan fingerprint density at radius 3 is 2.46 bits per heavy atom. The van der Waals surface area contributed by atoms with Gasteiger partial charge in [0.2, 0.25) is 0 Å². The lowest BCUT2D eigenvalue weighted by atomic mass is 9.99. The number of hydrogen-bond acceptors (Lipinski definition) is 3. The fourth-order valence-corrected chi connectivity index (χ4v) is 3.18. The quantitative estimate of drug-likeness (QED) is 0.745. The summed E-state index contributed by atoms with van der Waals surface area (Å²) < 4.78 is 1.66. The number of pyridine rings is 1. The monoisotopic (exact) mass is 366 g/mol. The molecule has 1 N–H and O–H groups in total. The molecule has 2 heterocycles. The average Bonchev–Trinajstić information content (AvgIpc) is 3.43. The van der Waals surface area contributed by atoms with Crippen molar-refractivity contribution in [1.82, 2.24) is 20.1 Å². The first kappa shape index (κ1) is 16.8. The second-order valence-electron chi connectivity index (χ2n) is 6.59. The van der Waals surface area contributed by atoms with Crippen molar-refractivity contribution in [3.63, 3.8) is 0 Å². The molecular formula is C20H19ClN4O. The van der Waals surface area contributed by atoms with Crippen LogP contribution in [-0.4, -0.2) is 20.7 Å². The number of amides is 1. The van der Waals surface area contributed by atoms with Gasteiger partial charge in [0, 0.05) is 30.4 Å². The van der Waals surface area contributed by atoms with Gasteiger partial charge in [-0.05, 0) is 54.3 Å². The standard InChI is InChI=1S/C20H19ClN4O/c1-25-18(12-17(24-25)13-2-3-13)20(26)23-19(15-8-10-22-11-9-15)14-4-6-16(21)7-5-14/h4-13,19H,2-3H2,1H3,(H,23,26)/t19-/m1/s1. The van der Waals surface area contributed by atoms with Gasteiger partial charge in [0.25, 0.3) is 5.91 Å². The van der Waals surface area contributed by atoms with Crippen LogP contribution in [0.25, 0.3) is 0 Å². The molecule has 1 atom stereocenters. The molecule has 1 fully saturated rings. The molecule has 0 bridgehead atoms. The summed E-state index contributed by atoms with van der Waals surface area (Å²) in [5.41, 5.74) is 3.49. The molecule has 132 valence electrons. The van der Waals surface area contributed by atoms with Crippen molar-refractivity contribution in [1.29, 1.82) is 0 Å². The molecule has 0 unspecified atom stereocenters. The highest BCUT2D eigenvalue weighted by atomic mass is 35.5. The van der Waals surface area contributed by atoms with Crippen LogP contribution in [-0.2, 0) is 7.05 Å². The maximum atomic E-state index is 12.9. The summed E-state index contributed by atoms with van der Waals surface area (Å²) in [6.07, 6.45) is 5.75. The molecule has 1 aromatic carbocycles. The maximum Gasteiger partial charge on any atom is 0.270 e. The molecule has 4 rings (SSSR count). The number of hydrogen-bond donors (Lipinski definition) is 1. The average molecular weight is 367 g/mol. The smallest absolute Gasteiger partial charge is 0.270 e. The molecule has 1 aliphatic carbocycles. The van der Waals surface area contributed by atoms with Crippen LogP contribution in [0, 0.1) is 0 Å². The number of aromatic nitrogens is 3. The Labute approximate surface area is 157 Å². The largest absolute Gasteiger partial charge is 0.340 e. The topological polar surface area (TPSA) is 59.8 Å². The summed E-state index contributed by atoms with van der Waals surface area (Å²) in [7, 11) is 1.81. The SMILES string of the molecule is Cn1nc(C2CC2)cc1C(=O)N[C@@H](c1ccncc1)c1ccc(Cl)cc1. The third-order valence-corrected chi connectivity index (χ3v) is 4.90. The summed E-state index contributed by atoms with van der Waals surface area (Å²) in [6.45, 7) is 0. The number of carbonyl (C=O) groups excluding carboxylic acids is 1. The van der Waals surface area contributed by atoms with Crippen LogP contribution in [0.5, 0.6) is 0 Å². The fraction of sp³-hybridized carbons (Fsp3) is 0.250. The number of benzene rings is 1. The van der Waals surface area contributed by atoms with E-state index in [1.807, 2.05) is 49.5 Å². The molecule has 0 spiro atoms. The van der Waals surface area contributed by atoms with Gasteiger partial charge in [-0.2, -0.15) is 5.10 Å². The Kier molecular flexibility index (Phi) is 4.47. The van der Waals surface area contributed by atoms with Gasteiger partial charge in [-0.25, -0.2) is 0 Å². The van der Waals surface area contributed by atoms with E-state index in [-0.39, 0.29) is 11.9 Å². The highest BCUT2D eigenvalue weighted by Gasteiger charge is 2.28. The molecule has 0 saturated heterocycles. The summed E-state index contributed by atoms with van der Waals surface area (Å²) in [4.78, 5) is 17.0. The number of nitrogens with one attached hydrogen (secondary N) is 1. The predicted molar refractivity (Wildman–Crippen MR) is 100 cm³/mol. The minimum Gasteiger partial charge on any atom is -0.340 e. The van der Waals surface area contributed by atoms with Crippen molar-refractivity contribution < 1.29 is 4.79 Å². The van der Waals surface area contributed by atoms with Crippen molar-refractivity contribution in [3.05, 3.63) is 82.4 Å². The van der Waals surface area contributed by atoms with Crippen LogP contribution >= 0.6 is 11.6 Å². The summed E-state index contributed by atoms with van der Waals surface area (Å²) >= 11 is 6.01. The number of halogens is 1. The Balaban J connectivity index is 1.64. The minimum absolute atomic E-state index is 0.149. The van der Waals surface area contributed by atoms with E-state index in [9.17, 15) is 4.79 Å². The molecule has 6 heteroatoms. The highest BCUT2D eigenvalue weighted by Crippen LogP contribution is 2.39. The van der Waals surface area contributed by atoms with Gasteiger partial charge in [-0.3, -0.25) is 14.5 Å². The second-order valence-corrected chi connectivity index (χ2v) is 7.03. The van der Waals surface area contributed by atoms with Crippen molar-refractivity contribution in [2.45, 2.75) is 24.8 Å². The Bertz CT molecular complexity index is 917. The van der Waals surface area contributed by atoms with E-state index in [1.54, 1.807) is 17.1 Å². The lowest BCUT2D eigenvalue weighted by Gasteiger charge is -2.20. The molecule has 0 aliphatic heterocycles. The van der Waals surface area contributed by atoms with Gasteiger partial charge in [-0.15, -0.1) is 0 Å². The third-order valence-electron chi connectivity index (χ3n) is 4.65. The lowest BCUT2D eigenvalue weighted by molar-refractivity contribution is 0.0933. The maximum absolute atomic E-state index is 12.9. The predicted octanol–water partition coefficient (Wildman–Crippen LogP) is 3.87. The van der Waals surface area contributed by atoms with Crippen LogP contribution in [0.15, 0.2) is 54.9 Å². The molecule has 0 radical (unpaired) electrons. The van der Waals surface area contributed by atoms with Gasteiger partial charge < -0.3 is 5.32 Å². The van der Waals surface area contributed by atoms with Crippen LogP contribution < -0.4 is 5.32 Å². The normalized spacial score (nSPS) is 14.8. The molecular weight excluding hydrogens is 348 g/mol. The van der Waals surface area contributed by atoms with Crippen LogP contribution in [0.4, 0.5) is 0 Å². The minimum atomic E-state index is -0.290. The van der Waals surface area contributed by atoms with E-state index in [2.05, 4.69) is 15.4 Å². The van der Waals surface area contributed by atoms with E-state index in [0.717, 1.165) is 29.7 Å². The molecule has 5 nitrogen and oxygen atoms in total. The van der Waals surface area contributed by atoms with Crippen molar-refractivity contribution in [2.24, 2.45) is 7.05 Å². The first-order valence-electron chi connectivity index (χ1n) is 8.62. The number of carbonyl (C=O) groups is 1. The summed E-state index contributed by atoms with van der Waals surface area (Å²) in [6, 6.07) is 12.9. The Morgan fingerprint density at radius 1 is 1.15 bits per heavy atom. The van der Waals surface area contributed by atoms with Gasteiger partial charge in [0.15, 0.2) is 0 Å². The zero-order valence-corrected chi connectivity index (χ0v) is 15.1. The fourth-order valence-electron chi connectivity index (χ4n) is 3.06. The molecule has 1 saturated carbocycles. The molecule has 1 amide bonds. The van der Waals surface area contributed by atoms with Crippen LogP contribution in [0.1, 0.15) is 52.1 Å². The van der Waals surface area contributed by atoms with Crippen LogP contribution in [0.2, 0.25) is 5.02 Å². The van der Waals surface area contributed by atoms with E-state index < -0.39 is 0 Å². The Hall–Kier alpha value is -2.66. The number of rotatable bonds is 5. The van der Waals surface area contributed by atoms with Gasteiger partial charge in [-0.1, -0.05) is 23.7 Å². The third kappa shape index (κ3) is 3.48. The zero-order valence-electron chi connectivity index (χ0n) is 14.4. The van der Waals surface area contributed by atoms with Crippen LogP contribution in [0.3, 0.4) is 0 Å². The zero-order chi connectivity index (χ0) is 18.1. The number of nitrogens with zero attached hydrogens (tertiary/aromatic N) is 3. The lowest BCUT2D eigenvalue weighted by Crippen LogP contribution is -2.30. The van der Waals surface area contributed by atoms with Gasteiger partial charge in [0.05, 0.1) is 11.7 Å². The second kappa shape index (κ2) is 6.92. The van der Waals surface area contributed by atoms with Crippen molar-refractivity contribution in [2.75, 3.05) is 0 Å². The number of aryl methyl sites for hydroxylation is 1. The van der Waals surface area contributed by atoms with Crippen molar-refractivity contribution in [3.8, 4) is 0 Å². The molecule has 26 heavy (non-hydrogen) atoms. The molecule has 1 aliphatic rings. The first-order chi connectivity index (χ1) is 12.6. The highest BCUT2D eigenvalue weighted by molar-refractivity contribution is 6.30. The van der Waals surface area contributed by atoms with Gasteiger partial charge in [0.1, 0.15) is 5.69 Å². The first-order valence-corrected chi connectivity index (χ1v) is 9.00. The van der Waals surface area contributed by atoms with Crippen molar-refractivity contribution >= 4 is 17.5 Å². The van der Waals surface area contributed by atoms with E-state index in [4.69, 9.17) is 11.6 Å².